The van der Waals surface area contributed by atoms with E-state index in [1.807, 2.05) is 49.4 Å². The molecule has 0 spiro atoms. The van der Waals surface area contributed by atoms with Crippen molar-refractivity contribution in [2.24, 2.45) is 0 Å². The topological polar surface area (TPSA) is 57.7 Å². The molecule has 1 heterocycles. The third-order valence-corrected chi connectivity index (χ3v) is 7.08. The van der Waals surface area contributed by atoms with Gasteiger partial charge < -0.3 is 4.90 Å². The van der Waals surface area contributed by atoms with Crippen LogP contribution in [-0.2, 0) is 27.0 Å². The van der Waals surface area contributed by atoms with Crippen LogP contribution in [0.3, 0.4) is 0 Å². The Hall–Kier alpha value is -1.89. The summed E-state index contributed by atoms with van der Waals surface area (Å²) in [5.41, 5.74) is 2.57. The number of amides is 1. The number of aryl methyl sites for hydroxylation is 1. The average molecular weight is 407 g/mol. The molecule has 2 aromatic carbocycles. The van der Waals surface area contributed by atoms with E-state index in [9.17, 15) is 13.2 Å². The minimum atomic E-state index is -3.40. The summed E-state index contributed by atoms with van der Waals surface area (Å²) in [6, 6.07) is 14.8. The van der Waals surface area contributed by atoms with Crippen molar-refractivity contribution in [2.75, 3.05) is 26.2 Å². The molecule has 7 heteroatoms. The number of nitrogens with zero attached hydrogens (tertiary/aromatic N) is 2. The number of halogens is 1. The van der Waals surface area contributed by atoms with E-state index in [2.05, 4.69) is 0 Å². The molecule has 0 aliphatic carbocycles. The number of hydrogen-bond acceptors (Lipinski definition) is 3. The Morgan fingerprint density at radius 1 is 0.963 bits per heavy atom. The summed E-state index contributed by atoms with van der Waals surface area (Å²) in [5, 5.41) is 0.574. The highest BCUT2D eigenvalue weighted by molar-refractivity contribution is 7.88. The van der Waals surface area contributed by atoms with Gasteiger partial charge in [0.05, 0.1) is 12.2 Å². The maximum Gasteiger partial charge on any atom is 0.227 e. The van der Waals surface area contributed by atoms with Gasteiger partial charge in [-0.1, -0.05) is 54.1 Å². The van der Waals surface area contributed by atoms with E-state index in [0.717, 1.165) is 16.7 Å². The lowest BCUT2D eigenvalue weighted by Gasteiger charge is -2.34. The van der Waals surface area contributed by atoms with E-state index in [-0.39, 0.29) is 18.1 Å². The molecular weight excluding hydrogens is 384 g/mol. The van der Waals surface area contributed by atoms with Crippen molar-refractivity contribution >= 4 is 27.5 Å². The van der Waals surface area contributed by atoms with Gasteiger partial charge in [-0.2, -0.15) is 4.31 Å². The first kappa shape index (κ1) is 19.9. The van der Waals surface area contributed by atoms with Crippen LogP contribution in [0.5, 0.6) is 0 Å². The smallest absolute Gasteiger partial charge is 0.227 e. The molecule has 0 bridgehead atoms. The average Bonchev–Trinajstić information content (AvgIpc) is 2.65. The van der Waals surface area contributed by atoms with Crippen LogP contribution in [0.15, 0.2) is 48.5 Å². The molecule has 3 rings (SSSR count). The molecule has 1 amide bonds. The van der Waals surface area contributed by atoms with Crippen LogP contribution in [0.2, 0.25) is 5.02 Å². The number of rotatable bonds is 5. The van der Waals surface area contributed by atoms with Crippen molar-refractivity contribution in [3.05, 3.63) is 70.2 Å². The molecule has 0 atom stereocenters. The Morgan fingerprint density at radius 2 is 1.56 bits per heavy atom. The highest BCUT2D eigenvalue weighted by Crippen LogP contribution is 2.19. The molecule has 0 unspecified atom stereocenters. The molecule has 1 fully saturated rings. The van der Waals surface area contributed by atoms with E-state index in [4.69, 9.17) is 11.6 Å². The molecule has 0 N–H and O–H groups in total. The van der Waals surface area contributed by atoms with Crippen LogP contribution in [0.4, 0.5) is 0 Å². The Morgan fingerprint density at radius 3 is 2.19 bits per heavy atom. The summed E-state index contributed by atoms with van der Waals surface area (Å²) in [4.78, 5) is 14.2. The van der Waals surface area contributed by atoms with E-state index < -0.39 is 10.0 Å². The Balaban J connectivity index is 1.59. The van der Waals surface area contributed by atoms with E-state index in [1.165, 1.54) is 4.31 Å². The molecule has 1 aliphatic rings. The first-order valence-corrected chi connectivity index (χ1v) is 10.9. The van der Waals surface area contributed by atoms with Gasteiger partial charge >= 0.3 is 0 Å². The first-order chi connectivity index (χ1) is 12.9. The van der Waals surface area contributed by atoms with E-state index >= 15 is 0 Å². The third kappa shape index (κ3) is 4.89. The molecule has 0 radical (unpaired) electrons. The zero-order valence-corrected chi connectivity index (χ0v) is 16.8. The number of hydrogen-bond donors (Lipinski definition) is 0. The predicted octanol–water partition coefficient (Wildman–Crippen LogP) is 2.87. The van der Waals surface area contributed by atoms with Crippen molar-refractivity contribution in [3.8, 4) is 0 Å². The summed E-state index contributed by atoms with van der Waals surface area (Å²) < 4.78 is 26.9. The Kier molecular flexibility index (Phi) is 6.19. The standard InChI is InChI=1S/C20H23ClN2O3S/c1-16-6-2-3-8-18(16)15-27(25,26)23-12-10-22(11-13-23)20(24)14-17-7-4-5-9-19(17)21/h2-9H,10-15H2,1H3. The maximum atomic E-state index is 12.7. The Labute approximate surface area is 165 Å². The molecule has 2 aromatic rings. The number of sulfonamides is 1. The molecule has 1 saturated heterocycles. The van der Waals surface area contributed by atoms with E-state index in [1.54, 1.807) is 11.0 Å². The zero-order valence-electron chi connectivity index (χ0n) is 15.3. The number of piperazine rings is 1. The lowest BCUT2D eigenvalue weighted by molar-refractivity contribution is -0.131. The number of carbonyl (C=O) groups excluding carboxylic acids is 1. The molecule has 27 heavy (non-hydrogen) atoms. The molecule has 144 valence electrons. The fourth-order valence-corrected chi connectivity index (χ4v) is 5.01. The zero-order chi connectivity index (χ0) is 19.4. The maximum absolute atomic E-state index is 12.7. The molecule has 5 nitrogen and oxygen atoms in total. The van der Waals surface area contributed by atoms with Crippen LogP contribution >= 0.6 is 11.6 Å². The molecule has 0 saturated carbocycles. The van der Waals surface area contributed by atoms with Gasteiger partial charge in [0, 0.05) is 31.2 Å². The van der Waals surface area contributed by atoms with Crippen molar-refractivity contribution in [3.63, 3.8) is 0 Å². The molecule has 1 aliphatic heterocycles. The van der Waals surface area contributed by atoms with Gasteiger partial charge in [0.1, 0.15) is 0 Å². The van der Waals surface area contributed by atoms with Gasteiger partial charge in [0.2, 0.25) is 15.9 Å². The number of benzene rings is 2. The minimum Gasteiger partial charge on any atom is -0.340 e. The second kappa shape index (κ2) is 8.42. The van der Waals surface area contributed by atoms with E-state index in [0.29, 0.717) is 31.2 Å². The summed E-state index contributed by atoms with van der Waals surface area (Å²) >= 11 is 6.12. The normalized spacial score (nSPS) is 15.7. The largest absolute Gasteiger partial charge is 0.340 e. The van der Waals surface area contributed by atoms with Crippen molar-refractivity contribution in [1.82, 2.24) is 9.21 Å². The van der Waals surface area contributed by atoms with Crippen LogP contribution in [0, 0.1) is 6.92 Å². The minimum absolute atomic E-state index is 0.00670. The first-order valence-electron chi connectivity index (χ1n) is 8.90. The molecular formula is C20H23ClN2O3S. The van der Waals surface area contributed by atoms with Crippen molar-refractivity contribution in [2.45, 2.75) is 19.1 Å². The van der Waals surface area contributed by atoms with Crippen molar-refractivity contribution in [1.29, 1.82) is 0 Å². The highest BCUT2D eigenvalue weighted by atomic mass is 35.5. The highest BCUT2D eigenvalue weighted by Gasteiger charge is 2.29. The van der Waals surface area contributed by atoms with Crippen LogP contribution in [-0.4, -0.2) is 49.7 Å². The lowest BCUT2D eigenvalue weighted by Crippen LogP contribution is -2.51. The monoisotopic (exact) mass is 406 g/mol. The number of carbonyl (C=O) groups is 1. The van der Waals surface area contributed by atoms with Crippen LogP contribution in [0.1, 0.15) is 16.7 Å². The van der Waals surface area contributed by atoms with Crippen molar-refractivity contribution < 1.29 is 13.2 Å². The fraction of sp³-hybridized carbons (Fsp3) is 0.350. The summed E-state index contributed by atoms with van der Waals surface area (Å²) in [7, 11) is -3.40. The van der Waals surface area contributed by atoms with Gasteiger partial charge in [-0.05, 0) is 29.7 Å². The summed E-state index contributed by atoms with van der Waals surface area (Å²) in [6.45, 7) is 3.35. The fourth-order valence-electron chi connectivity index (χ4n) is 3.19. The SMILES string of the molecule is Cc1ccccc1CS(=O)(=O)N1CCN(C(=O)Cc2ccccc2Cl)CC1. The summed E-state index contributed by atoms with van der Waals surface area (Å²) in [6.07, 6.45) is 0.232. The van der Waals surface area contributed by atoms with Gasteiger partial charge in [0.15, 0.2) is 0 Å². The second-order valence-corrected chi connectivity index (χ2v) is 9.11. The Bertz CT molecular complexity index is 922. The van der Waals surface area contributed by atoms with Gasteiger partial charge in [-0.3, -0.25) is 4.79 Å². The van der Waals surface area contributed by atoms with Gasteiger partial charge in [0.25, 0.3) is 0 Å². The van der Waals surface area contributed by atoms with Gasteiger partial charge in [-0.25, -0.2) is 8.42 Å². The molecule has 0 aromatic heterocycles. The third-order valence-electron chi connectivity index (χ3n) is 4.88. The lowest BCUT2D eigenvalue weighted by atomic mass is 10.1. The second-order valence-electron chi connectivity index (χ2n) is 6.73. The predicted molar refractivity (Wildman–Crippen MR) is 107 cm³/mol. The van der Waals surface area contributed by atoms with Crippen LogP contribution < -0.4 is 0 Å². The summed E-state index contributed by atoms with van der Waals surface area (Å²) in [5.74, 6) is -0.0354. The van der Waals surface area contributed by atoms with Gasteiger partial charge in [-0.15, -0.1) is 0 Å². The quantitative estimate of drug-likeness (QED) is 0.767. The van der Waals surface area contributed by atoms with Crippen LogP contribution in [0.25, 0.3) is 0 Å².